The standard InChI is InChI=1S/C18H14N2O4S/c1-9-10(2)25-17(14(9)8-19)20-16(21)13-7-11-6-12(23-3)4-5-15(11)24-18(13)22/h4-7H,1-3H3,(H,20,21). The second-order valence-electron chi connectivity index (χ2n) is 5.40. The lowest BCUT2D eigenvalue weighted by molar-refractivity contribution is 0.102. The number of ether oxygens (including phenoxy) is 1. The van der Waals surface area contributed by atoms with Crippen molar-refractivity contribution in [1.82, 2.24) is 0 Å². The number of aryl methyl sites for hydroxylation is 1. The van der Waals surface area contributed by atoms with Crippen molar-refractivity contribution < 1.29 is 13.9 Å². The second kappa shape index (κ2) is 6.42. The number of hydrogen-bond donors (Lipinski definition) is 1. The van der Waals surface area contributed by atoms with Crippen LogP contribution in [-0.2, 0) is 0 Å². The Morgan fingerprint density at radius 2 is 2.08 bits per heavy atom. The number of amides is 1. The fourth-order valence-electron chi connectivity index (χ4n) is 2.41. The average molecular weight is 354 g/mol. The van der Waals surface area contributed by atoms with Gasteiger partial charge in [0.1, 0.15) is 28.0 Å². The second-order valence-corrected chi connectivity index (χ2v) is 6.63. The molecule has 0 saturated carbocycles. The molecular weight excluding hydrogens is 340 g/mol. The summed E-state index contributed by atoms with van der Waals surface area (Å²) in [6.07, 6.45) is 0. The first-order valence-corrected chi connectivity index (χ1v) is 8.19. The van der Waals surface area contributed by atoms with Crippen LogP contribution in [0.25, 0.3) is 11.0 Å². The molecule has 126 valence electrons. The van der Waals surface area contributed by atoms with Gasteiger partial charge in [0.15, 0.2) is 0 Å². The van der Waals surface area contributed by atoms with E-state index in [2.05, 4.69) is 11.4 Å². The predicted molar refractivity (Wildman–Crippen MR) is 95.5 cm³/mol. The van der Waals surface area contributed by atoms with Crippen molar-refractivity contribution in [2.75, 3.05) is 12.4 Å². The zero-order valence-corrected chi connectivity index (χ0v) is 14.6. The van der Waals surface area contributed by atoms with Crippen LogP contribution in [0, 0.1) is 25.2 Å². The first kappa shape index (κ1) is 16.7. The molecule has 25 heavy (non-hydrogen) atoms. The van der Waals surface area contributed by atoms with Crippen LogP contribution in [0.2, 0.25) is 0 Å². The van der Waals surface area contributed by atoms with Gasteiger partial charge in [0.05, 0.1) is 12.7 Å². The summed E-state index contributed by atoms with van der Waals surface area (Å²) in [6.45, 7) is 3.68. The number of thiophene rings is 1. The number of carbonyl (C=O) groups excluding carboxylic acids is 1. The highest BCUT2D eigenvalue weighted by molar-refractivity contribution is 7.16. The Balaban J connectivity index is 2.02. The molecule has 0 bridgehead atoms. The molecule has 0 saturated heterocycles. The van der Waals surface area contributed by atoms with E-state index >= 15 is 0 Å². The van der Waals surface area contributed by atoms with E-state index in [0.717, 1.165) is 10.4 Å². The maximum Gasteiger partial charge on any atom is 0.349 e. The molecule has 0 radical (unpaired) electrons. The van der Waals surface area contributed by atoms with Gasteiger partial charge in [-0.15, -0.1) is 11.3 Å². The largest absolute Gasteiger partial charge is 0.497 e. The summed E-state index contributed by atoms with van der Waals surface area (Å²) in [5.41, 5.74) is 0.718. The fourth-order valence-corrected chi connectivity index (χ4v) is 3.41. The SMILES string of the molecule is COc1ccc2oc(=O)c(C(=O)Nc3sc(C)c(C)c3C#N)cc2c1. The minimum Gasteiger partial charge on any atom is -0.497 e. The van der Waals surface area contributed by atoms with Gasteiger partial charge in [-0.05, 0) is 43.7 Å². The van der Waals surface area contributed by atoms with Gasteiger partial charge in [-0.25, -0.2) is 4.79 Å². The summed E-state index contributed by atoms with van der Waals surface area (Å²) in [5, 5.41) is 12.9. The van der Waals surface area contributed by atoms with E-state index in [1.807, 2.05) is 13.8 Å². The van der Waals surface area contributed by atoms with Crippen molar-refractivity contribution in [2.45, 2.75) is 13.8 Å². The van der Waals surface area contributed by atoms with Gasteiger partial charge >= 0.3 is 5.63 Å². The first-order chi connectivity index (χ1) is 11.9. The highest BCUT2D eigenvalue weighted by Gasteiger charge is 2.19. The van der Waals surface area contributed by atoms with Crippen LogP contribution in [-0.4, -0.2) is 13.0 Å². The minimum absolute atomic E-state index is 0.131. The molecule has 0 unspecified atom stereocenters. The van der Waals surface area contributed by atoms with Gasteiger partial charge in [0.25, 0.3) is 5.91 Å². The fraction of sp³-hybridized carbons (Fsp3) is 0.167. The lowest BCUT2D eigenvalue weighted by atomic mass is 10.1. The van der Waals surface area contributed by atoms with Crippen LogP contribution in [0.4, 0.5) is 5.00 Å². The third-order valence-corrected chi connectivity index (χ3v) is 5.03. The number of rotatable bonds is 3. The normalized spacial score (nSPS) is 10.5. The van der Waals surface area contributed by atoms with Gasteiger partial charge < -0.3 is 14.5 Å². The van der Waals surface area contributed by atoms with E-state index < -0.39 is 11.5 Å². The van der Waals surface area contributed by atoms with Crippen LogP contribution in [0.3, 0.4) is 0 Å². The predicted octanol–water partition coefficient (Wildman–Crippen LogP) is 3.60. The molecule has 3 aromatic rings. The monoisotopic (exact) mass is 354 g/mol. The van der Waals surface area contributed by atoms with Crippen LogP contribution >= 0.6 is 11.3 Å². The van der Waals surface area contributed by atoms with Crippen LogP contribution in [0.15, 0.2) is 33.5 Å². The highest BCUT2D eigenvalue weighted by atomic mass is 32.1. The number of hydrogen-bond acceptors (Lipinski definition) is 6. The van der Waals surface area contributed by atoms with E-state index in [4.69, 9.17) is 9.15 Å². The summed E-state index contributed by atoms with van der Waals surface area (Å²) in [5.74, 6) is -0.0276. The van der Waals surface area contributed by atoms with Crippen LogP contribution in [0.1, 0.15) is 26.4 Å². The topological polar surface area (TPSA) is 92.3 Å². The molecule has 0 fully saturated rings. The molecule has 2 aromatic heterocycles. The van der Waals surface area contributed by atoms with Gasteiger partial charge in [-0.3, -0.25) is 4.79 Å². The zero-order valence-electron chi connectivity index (χ0n) is 13.8. The number of benzene rings is 1. The van der Waals surface area contributed by atoms with E-state index in [1.165, 1.54) is 24.5 Å². The Morgan fingerprint density at radius 3 is 2.76 bits per heavy atom. The number of nitrogens with zero attached hydrogens (tertiary/aromatic N) is 1. The number of anilines is 1. The van der Waals surface area contributed by atoms with Crippen molar-refractivity contribution in [3.63, 3.8) is 0 Å². The molecule has 1 amide bonds. The lowest BCUT2D eigenvalue weighted by Gasteiger charge is -2.05. The molecule has 0 aliphatic heterocycles. The maximum absolute atomic E-state index is 12.5. The Labute approximate surface area is 147 Å². The Morgan fingerprint density at radius 1 is 1.32 bits per heavy atom. The molecule has 0 aliphatic carbocycles. The van der Waals surface area contributed by atoms with Crippen LogP contribution in [0.5, 0.6) is 5.75 Å². The molecule has 3 rings (SSSR count). The Hall–Kier alpha value is -3.11. The molecule has 7 heteroatoms. The van der Waals surface area contributed by atoms with Crippen LogP contribution < -0.4 is 15.7 Å². The van der Waals surface area contributed by atoms with Gasteiger partial charge in [0, 0.05) is 10.3 Å². The first-order valence-electron chi connectivity index (χ1n) is 7.38. The quantitative estimate of drug-likeness (QED) is 0.726. The zero-order chi connectivity index (χ0) is 18.1. The number of nitrogens with one attached hydrogen (secondary N) is 1. The van der Waals surface area contributed by atoms with Gasteiger partial charge in [0.2, 0.25) is 0 Å². The summed E-state index contributed by atoms with van der Waals surface area (Å²) in [4.78, 5) is 25.6. The van der Waals surface area contributed by atoms with Gasteiger partial charge in [-0.2, -0.15) is 5.26 Å². The Kier molecular flexibility index (Phi) is 4.30. The molecule has 1 aromatic carbocycles. The summed E-state index contributed by atoms with van der Waals surface area (Å²) >= 11 is 1.30. The molecule has 0 atom stereocenters. The minimum atomic E-state index is -0.737. The maximum atomic E-state index is 12.5. The summed E-state index contributed by atoms with van der Waals surface area (Å²) < 4.78 is 10.3. The van der Waals surface area contributed by atoms with Crippen molar-refractivity contribution in [3.8, 4) is 11.8 Å². The summed E-state index contributed by atoms with van der Waals surface area (Å²) in [6, 6.07) is 8.49. The van der Waals surface area contributed by atoms with Crippen molar-refractivity contribution in [3.05, 3.63) is 56.3 Å². The number of nitriles is 1. The lowest BCUT2D eigenvalue weighted by Crippen LogP contribution is -2.20. The number of carbonyl (C=O) groups is 1. The van der Waals surface area contributed by atoms with E-state index in [9.17, 15) is 14.9 Å². The molecule has 0 aliphatic rings. The molecule has 6 nitrogen and oxygen atoms in total. The van der Waals surface area contributed by atoms with E-state index in [0.29, 0.717) is 27.3 Å². The number of fused-ring (bicyclic) bond motifs is 1. The third-order valence-electron chi connectivity index (χ3n) is 3.91. The van der Waals surface area contributed by atoms with Crippen molar-refractivity contribution >= 4 is 33.2 Å². The molecule has 0 spiro atoms. The molecule has 2 heterocycles. The molecule has 1 N–H and O–H groups in total. The van der Waals surface area contributed by atoms with E-state index in [1.54, 1.807) is 18.2 Å². The smallest absolute Gasteiger partial charge is 0.349 e. The average Bonchev–Trinajstić information content (AvgIpc) is 2.86. The third kappa shape index (κ3) is 2.99. The van der Waals surface area contributed by atoms with E-state index in [-0.39, 0.29) is 5.56 Å². The van der Waals surface area contributed by atoms with Crippen molar-refractivity contribution in [2.24, 2.45) is 0 Å². The highest BCUT2D eigenvalue weighted by Crippen LogP contribution is 2.32. The molecular formula is C18H14N2O4S. The summed E-state index contributed by atoms with van der Waals surface area (Å²) in [7, 11) is 1.53. The Bertz CT molecular complexity index is 1090. The number of methoxy groups -OCH3 is 1. The van der Waals surface area contributed by atoms with Crippen molar-refractivity contribution in [1.29, 1.82) is 5.26 Å². The van der Waals surface area contributed by atoms with Gasteiger partial charge in [-0.1, -0.05) is 0 Å².